The first kappa shape index (κ1) is 20.0. The van der Waals surface area contributed by atoms with E-state index >= 15 is 0 Å². The Kier molecular flexibility index (Phi) is 4.77. The summed E-state index contributed by atoms with van der Waals surface area (Å²) in [6, 6.07) is 4.14. The molecule has 2 heterocycles. The van der Waals surface area contributed by atoms with Crippen LogP contribution in [0, 0.1) is 25.7 Å². The Labute approximate surface area is 175 Å². The first-order chi connectivity index (χ1) is 13.6. The van der Waals surface area contributed by atoms with Gasteiger partial charge >= 0.3 is 0 Å². The lowest BCUT2D eigenvalue weighted by atomic mass is 10.1. The summed E-state index contributed by atoms with van der Waals surface area (Å²) < 4.78 is 11.9. The van der Waals surface area contributed by atoms with Gasteiger partial charge in [-0.2, -0.15) is 0 Å². The van der Waals surface area contributed by atoms with Crippen LogP contribution in [0.5, 0.6) is 0 Å². The Morgan fingerprint density at radius 3 is 1.38 bits per heavy atom. The summed E-state index contributed by atoms with van der Waals surface area (Å²) in [5.41, 5.74) is 7.91. The van der Waals surface area contributed by atoms with E-state index < -0.39 is 8.07 Å². The van der Waals surface area contributed by atoms with E-state index in [2.05, 4.69) is 78.9 Å². The minimum atomic E-state index is -2.00. The smallest absolute Gasteiger partial charge is 0.136 e. The molecule has 0 saturated heterocycles. The van der Waals surface area contributed by atoms with Crippen LogP contribution in [0.25, 0.3) is 11.1 Å². The van der Waals surface area contributed by atoms with Crippen molar-refractivity contribution in [3.8, 4) is 0 Å². The van der Waals surface area contributed by atoms with Gasteiger partial charge in [-0.15, -0.1) is 0 Å². The van der Waals surface area contributed by atoms with Gasteiger partial charge in [-0.3, -0.25) is 0 Å². The van der Waals surface area contributed by atoms with Crippen molar-refractivity contribution in [3.63, 3.8) is 0 Å². The molecule has 0 radical (unpaired) electrons. The second-order valence-corrected chi connectivity index (χ2v) is 13.7. The highest BCUT2D eigenvalue weighted by Crippen LogP contribution is 2.50. The number of rotatable bonds is 4. The maximum absolute atomic E-state index is 5.97. The van der Waals surface area contributed by atoms with Crippen LogP contribution in [0.15, 0.2) is 67.2 Å². The third-order valence-corrected chi connectivity index (χ3v) is 11.2. The van der Waals surface area contributed by atoms with Crippen molar-refractivity contribution < 1.29 is 8.83 Å². The molecule has 2 aromatic rings. The van der Waals surface area contributed by atoms with Gasteiger partial charge in [0.1, 0.15) is 19.6 Å². The molecule has 29 heavy (non-hydrogen) atoms. The summed E-state index contributed by atoms with van der Waals surface area (Å²) in [7, 11) is -2.00. The van der Waals surface area contributed by atoms with Gasteiger partial charge in [0, 0.05) is 11.1 Å². The summed E-state index contributed by atoms with van der Waals surface area (Å²) in [6.07, 6.45) is 8.35. The van der Waals surface area contributed by atoms with Crippen molar-refractivity contribution in [3.05, 3.63) is 81.0 Å². The van der Waals surface area contributed by atoms with Crippen molar-refractivity contribution in [2.75, 3.05) is 0 Å². The van der Waals surface area contributed by atoms with E-state index in [4.69, 9.17) is 8.83 Å². The molecule has 2 aliphatic carbocycles. The molecule has 3 heteroatoms. The molecule has 0 fully saturated rings. The second kappa shape index (κ2) is 6.91. The highest BCUT2D eigenvalue weighted by atomic mass is 28.3. The van der Waals surface area contributed by atoms with Gasteiger partial charge < -0.3 is 8.83 Å². The molecule has 0 aromatic carbocycles. The van der Waals surface area contributed by atoms with Crippen LogP contribution in [0.2, 0.25) is 13.1 Å². The minimum absolute atomic E-state index is 0.440. The van der Waals surface area contributed by atoms with Crippen LogP contribution < -0.4 is 0 Å². The van der Waals surface area contributed by atoms with E-state index in [0.29, 0.717) is 11.8 Å². The van der Waals surface area contributed by atoms with E-state index in [9.17, 15) is 0 Å². The molecular weight excluding hydrogens is 372 g/mol. The van der Waals surface area contributed by atoms with Crippen molar-refractivity contribution in [2.45, 2.75) is 54.6 Å². The molecule has 0 spiro atoms. The second-order valence-electron chi connectivity index (χ2n) is 9.37. The predicted octanol–water partition coefficient (Wildman–Crippen LogP) is 7.68. The van der Waals surface area contributed by atoms with Crippen molar-refractivity contribution in [1.82, 2.24) is 0 Å². The molecule has 2 nitrogen and oxygen atoms in total. The van der Waals surface area contributed by atoms with Crippen LogP contribution in [-0.4, -0.2) is 8.07 Å². The van der Waals surface area contributed by atoms with Crippen molar-refractivity contribution in [1.29, 1.82) is 0 Å². The van der Waals surface area contributed by atoms with Gasteiger partial charge in [-0.1, -0.05) is 60.6 Å². The third-order valence-electron chi connectivity index (χ3n) is 7.12. The molecule has 0 N–H and O–H groups in total. The van der Waals surface area contributed by atoms with E-state index in [1.54, 1.807) is 10.4 Å². The lowest BCUT2D eigenvalue weighted by molar-refractivity contribution is 0.551. The summed E-state index contributed by atoms with van der Waals surface area (Å²) in [4.78, 5) is 0. The average Bonchev–Trinajstić information content (AvgIpc) is 3.38. The van der Waals surface area contributed by atoms with Gasteiger partial charge in [0.2, 0.25) is 0 Å². The molecule has 2 aromatic heterocycles. The van der Waals surface area contributed by atoms with E-state index in [1.165, 1.54) is 33.4 Å². The van der Waals surface area contributed by atoms with Gasteiger partial charge in [0.25, 0.3) is 0 Å². The predicted molar refractivity (Wildman–Crippen MR) is 124 cm³/mol. The van der Waals surface area contributed by atoms with E-state index in [0.717, 1.165) is 11.5 Å². The lowest BCUT2D eigenvalue weighted by Gasteiger charge is -2.35. The van der Waals surface area contributed by atoms with Gasteiger partial charge in [-0.25, -0.2) is 0 Å². The topological polar surface area (TPSA) is 26.3 Å². The molecule has 2 atom stereocenters. The molecule has 2 unspecified atom stereocenters. The van der Waals surface area contributed by atoms with Gasteiger partial charge in [-0.05, 0) is 62.8 Å². The molecule has 2 aliphatic rings. The Hall–Kier alpha value is -2.26. The standard InChI is InChI=1S/C26H32O2Si/c1-15-9-11-27-23(15)21-13-17(3)19(5)25(21)29(7,8)26-20(6)18(4)14-22(26)24-16(2)10-12-28-24/h9-14,19-20H,1-8H3. The maximum Gasteiger partial charge on any atom is 0.136 e. The zero-order valence-corrected chi connectivity index (χ0v) is 19.9. The van der Waals surface area contributed by atoms with Crippen LogP contribution >= 0.6 is 0 Å². The summed E-state index contributed by atoms with van der Waals surface area (Å²) in [5.74, 6) is 2.96. The maximum atomic E-state index is 5.97. The Balaban J connectivity index is 1.96. The Bertz CT molecular complexity index is 1010. The summed E-state index contributed by atoms with van der Waals surface area (Å²) in [5, 5.41) is 3.17. The number of aryl methyl sites for hydroxylation is 2. The summed E-state index contributed by atoms with van der Waals surface area (Å²) in [6.45, 7) is 18.6. The Morgan fingerprint density at radius 1 is 0.690 bits per heavy atom. The monoisotopic (exact) mass is 404 g/mol. The molecule has 0 bridgehead atoms. The summed E-state index contributed by atoms with van der Waals surface area (Å²) >= 11 is 0. The van der Waals surface area contributed by atoms with Crippen LogP contribution in [0.1, 0.15) is 50.3 Å². The number of allylic oxidation sites excluding steroid dienone is 8. The minimum Gasteiger partial charge on any atom is -0.464 e. The zero-order chi connectivity index (χ0) is 21.1. The average molecular weight is 405 g/mol. The number of furan rings is 2. The van der Waals surface area contributed by atoms with E-state index in [-0.39, 0.29) is 0 Å². The first-order valence-corrected chi connectivity index (χ1v) is 13.6. The van der Waals surface area contributed by atoms with Crippen molar-refractivity contribution >= 4 is 19.2 Å². The molecular formula is C26H32O2Si. The van der Waals surface area contributed by atoms with Crippen LogP contribution in [0.3, 0.4) is 0 Å². The third kappa shape index (κ3) is 2.98. The normalized spacial score (nSPS) is 22.6. The Morgan fingerprint density at radius 2 is 1.07 bits per heavy atom. The SMILES string of the molecule is CC1=CC(c2occc2C)=C([Si](C)(C)C2=C(c3occc3C)C=C(C)C2C)C1C. The molecule has 4 rings (SSSR count). The first-order valence-electron chi connectivity index (χ1n) is 10.6. The molecule has 0 amide bonds. The quantitative estimate of drug-likeness (QED) is 0.489. The molecule has 152 valence electrons. The fraction of sp³-hybridized carbons (Fsp3) is 0.385. The fourth-order valence-corrected chi connectivity index (χ4v) is 9.99. The number of hydrogen-bond donors (Lipinski definition) is 0. The van der Waals surface area contributed by atoms with Gasteiger partial charge in [0.05, 0.1) is 12.5 Å². The van der Waals surface area contributed by atoms with Crippen LogP contribution in [-0.2, 0) is 0 Å². The van der Waals surface area contributed by atoms with Gasteiger partial charge in [0.15, 0.2) is 0 Å². The highest BCUT2D eigenvalue weighted by molar-refractivity contribution is 6.92. The molecule has 0 saturated carbocycles. The number of hydrogen-bond acceptors (Lipinski definition) is 2. The van der Waals surface area contributed by atoms with Crippen LogP contribution in [0.4, 0.5) is 0 Å². The largest absolute Gasteiger partial charge is 0.464 e. The van der Waals surface area contributed by atoms with E-state index in [1.807, 2.05) is 12.5 Å². The zero-order valence-electron chi connectivity index (χ0n) is 18.9. The molecule has 0 aliphatic heterocycles. The fourth-order valence-electron chi connectivity index (χ4n) is 5.36. The highest BCUT2D eigenvalue weighted by Gasteiger charge is 2.44. The van der Waals surface area contributed by atoms with Crippen molar-refractivity contribution in [2.24, 2.45) is 11.8 Å². The lowest BCUT2D eigenvalue weighted by Crippen LogP contribution is -2.38.